The first-order valence-corrected chi connectivity index (χ1v) is 10.0. The molecule has 7 nitrogen and oxygen atoms in total. The Hall–Kier alpha value is -3.55. The van der Waals surface area contributed by atoms with Crippen LogP contribution in [0.3, 0.4) is 0 Å². The zero-order valence-electron chi connectivity index (χ0n) is 17.8. The number of aromatic nitrogens is 3. The van der Waals surface area contributed by atoms with Crippen molar-refractivity contribution in [1.29, 1.82) is 0 Å². The third kappa shape index (κ3) is 3.58. The van der Waals surface area contributed by atoms with Gasteiger partial charge in [0.2, 0.25) is 0 Å². The van der Waals surface area contributed by atoms with Crippen molar-refractivity contribution in [2.45, 2.75) is 33.1 Å². The van der Waals surface area contributed by atoms with Gasteiger partial charge in [-0.2, -0.15) is 5.10 Å². The van der Waals surface area contributed by atoms with E-state index in [1.165, 1.54) is 29.3 Å². The summed E-state index contributed by atoms with van der Waals surface area (Å²) in [4.78, 5) is 30.9. The third-order valence-corrected chi connectivity index (χ3v) is 5.44. The van der Waals surface area contributed by atoms with Gasteiger partial charge in [-0.25, -0.2) is 9.18 Å². The monoisotopic (exact) mass is 422 g/mol. The van der Waals surface area contributed by atoms with Crippen molar-refractivity contribution in [3.05, 3.63) is 64.9 Å². The molecule has 1 aliphatic rings. The number of nitrogens with one attached hydrogen (secondary N) is 1. The van der Waals surface area contributed by atoms with E-state index in [9.17, 15) is 14.0 Å². The molecule has 0 unspecified atom stereocenters. The van der Waals surface area contributed by atoms with Gasteiger partial charge in [0.1, 0.15) is 5.82 Å². The van der Waals surface area contributed by atoms with Crippen molar-refractivity contribution < 1.29 is 18.7 Å². The molecule has 1 amide bonds. The maximum absolute atomic E-state index is 13.7. The topological polar surface area (TPSA) is 88.2 Å². The Morgan fingerprint density at radius 3 is 2.77 bits per heavy atom. The molecule has 31 heavy (non-hydrogen) atoms. The number of amides is 1. The van der Waals surface area contributed by atoms with Gasteiger partial charge in [0.05, 0.1) is 24.1 Å². The Labute approximate surface area is 178 Å². The number of hydrogen-bond donors (Lipinski definition) is 1. The van der Waals surface area contributed by atoms with Crippen LogP contribution in [-0.2, 0) is 14.9 Å². The fourth-order valence-electron chi connectivity index (χ4n) is 4.05. The quantitative estimate of drug-likeness (QED) is 0.650. The first-order valence-electron chi connectivity index (χ1n) is 10.0. The molecule has 2 aromatic heterocycles. The molecule has 0 spiro atoms. The minimum absolute atomic E-state index is 0.194. The van der Waals surface area contributed by atoms with Gasteiger partial charge in [0.25, 0.3) is 5.91 Å². The first kappa shape index (κ1) is 20.7. The normalized spacial score (nSPS) is 15.3. The third-order valence-electron chi connectivity index (χ3n) is 5.44. The summed E-state index contributed by atoms with van der Waals surface area (Å²) in [5, 5.41) is 8.89. The lowest BCUT2D eigenvalue weighted by atomic mass is 9.82. The molecule has 8 heteroatoms. The van der Waals surface area contributed by atoms with E-state index >= 15 is 0 Å². The Morgan fingerprint density at radius 2 is 2.06 bits per heavy atom. The average Bonchev–Trinajstić information content (AvgIpc) is 3.07. The number of nitrogens with zero attached hydrogens (tertiary/aromatic N) is 3. The summed E-state index contributed by atoms with van der Waals surface area (Å²) in [6.45, 7) is 7.82. The molecule has 3 heterocycles. The van der Waals surface area contributed by atoms with Crippen molar-refractivity contribution in [1.82, 2.24) is 20.1 Å². The van der Waals surface area contributed by atoms with Crippen LogP contribution in [0.1, 0.15) is 48.0 Å². The molecular weight excluding hydrogens is 399 g/mol. The molecule has 4 rings (SSSR count). The lowest BCUT2D eigenvalue weighted by Gasteiger charge is -2.29. The van der Waals surface area contributed by atoms with E-state index in [4.69, 9.17) is 4.74 Å². The molecular formula is C23H23FN4O3. The van der Waals surface area contributed by atoms with Crippen molar-refractivity contribution in [2.24, 2.45) is 0 Å². The van der Waals surface area contributed by atoms with Crippen LogP contribution in [0.2, 0.25) is 0 Å². The van der Waals surface area contributed by atoms with E-state index in [-0.39, 0.29) is 23.9 Å². The van der Waals surface area contributed by atoms with Crippen LogP contribution in [0.5, 0.6) is 0 Å². The largest absolute Gasteiger partial charge is 0.462 e. The number of carbonyl (C=O) groups is 2. The molecule has 0 fully saturated rings. The number of carbonyl (C=O) groups excluding carboxylic acids is 2. The zero-order chi connectivity index (χ0) is 22.3. The fourth-order valence-corrected chi connectivity index (χ4v) is 4.05. The van der Waals surface area contributed by atoms with Crippen LogP contribution in [0.25, 0.3) is 16.6 Å². The predicted molar refractivity (Wildman–Crippen MR) is 114 cm³/mol. The van der Waals surface area contributed by atoms with Crippen molar-refractivity contribution >= 4 is 28.5 Å². The smallest absolute Gasteiger partial charge is 0.341 e. The number of benzene rings is 1. The Morgan fingerprint density at radius 1 is 1.29 bits per heavy atom. The van der Waals surface area contributed by atoms with Crippen LogP contribution >= 0.6 is 0 Å². The predicted octanol–water partition coefficient (Wildman–Crippen LogP) is 3.74. The zero-order valence-corrected chi connectivity index (χ0v) is 17.8. The number of rotatable bonds is 3. The van der Waals surface area contributed by atoms with Gasteiger partial charge in [-0.05, 0) is 49.2 Å². The van der Waals surface area contributed by atoms with Gasteiger partial charge in [-0.1, -0.05) is 13.8 Å². The van der Waals surface area contributed by atoms with E-state index in [1.54, 1.807) is 20.0 Å². The maximum atomic E-state index is 13.7. The maximum Gasteiger partial charge on any atom is 0.341 e. The second-order valence-electron chi connectivity index (χ2n) is 8.21. The Balaban J connectivity index is 1.89. The van der Waals surface area contributed by atoms with Crippen LogP contribution in [0.4, 0.5) is 4.39 Å². The van der Waals surface area contributed by atoms with Crippen LogP contribution < -0.4 is 0 Å². The van der Waals surface area contributed by atoms with Gasteiger partial charge in [-0.3, -0.25) is 4.79 Å². The molecule has 0 aliphatic carbocycles. The van der Waals surface area contributed by atoms with E-state index in [2.05, 4.69) is 15.2 Å². The van der Waals surface area contributed by atoms with Gasteiger partial charge in [0.15, 0.2) is 5.65 Å². The minimum Gasteiger partial charge on any atom is -0.462 e. The van der Waals surface area contributed by atoms with Gasteiger partial charge >= 0.3 is 5.97 Å². The number of hydrogen-bond acceptors (Lipinski definition) is 5. The summed E-state index contributed by atoms with van der Waals surface area (Å²) < 4.78 is 19.0. The van der Waals surface area contributed by atoms with Crippen molar-refractivity contribution in [2.75, 3.05) is 13.2 Å². The number of H-pyrrole nitrogens is 1. The van der Waals surface area contributed by atoms with Crippen molar-refractivity contribution in [3.63, 3.8) is 0 Å². The van der Waals surface area contributed by atoms with Gasteiger partial charge < -0.3 is 14.6 Å². The lowest BCUT2D eigenvalue weighted by Crippen LogP contribution is -2.37. The summed E-state index contributed by atoms with van der Waals surface area (Å²) in [7, 11) is 0. The van der Waals surface area contributed by atoms with Crippen molar-refractivity contribution in [3.8, 4) is 0 Å². The number of halogens is 1. The van der Waals surface area contributed by atoms with Gasteiger partial charge in [-0.15, -0.1) is 5.10 Å². The number of aromatic amines is 1. The molecule has 0 atom stereocenters. The average molecular weight is 422 g/mol. The fraction of sp³-hybridized carbons (Fsp3) is 0.304. The lowest BCUT2D eigenvalue weighted by molar-refractivity contribution is -0.136. The molecule has 0 saturated heterocycles. The Bertz CT molecular complexity index is 1230. The summed E-state index contributed by atoms with van der Waals surface area (Å²) in [5.74, 6) is -1.25. The van der Waals surface area contributed by atoms with E-state index < -0.39 is 11.4 Å². The summed E-state index contributed by atoms with van der Waals surface area (Å²) in [6.07, 6.45) is 3.10. The number of ether oxygens (including phenoxy) is 1. The molecule has 1 N–H and O–H groups in total. The summed E-state index contributed by atoms with van der Waals surface area (Å²) in [6, 6.07) is 6.07. The molecule has 0 radical (unpaired) electrons. The standard InChI is InChI=1S/C23H23FN4O3/c1-5-31-22(30)16-11-28(21(29)14-6-7-17(24)13(2)10-14)12-23(3,4)18-15-8-9-25-27-20(15)26-19(16)18/h6-11H,5,12H2,1-4H3,(H,26,27). The second-order valence-corrected chi connectivity index (χ2v) is 8.21. The summed E-state index contributed by atoms with van der Waals surface area (Å²) in [5.41, 5.74) is 2.40. The molecule has 0 saturated carbocycles. The van der Waals surface area contributed by atoms with Crippen LogP contribution in [0.15, 0.2) is 36.7 Å². The van der Waals surface area contributed by atoms with E-state index in [0.29, 0.717) is 29.0 Å². The molecule has 1 aliphatic heterocycles. The SMILES string of the molecule is CCOC(=O)C1=CN(C(=O)c2ccc(F)c(C)c2)CC(C)(C)c2c1[nH]c1nnccc21. The molecule has 160 valence electrons. The van der Waals surface area contributed by atoms with Crippen LogP contribution in [-0.4, -0.2) is 45.1 Å². The van der Waals surface area contributed by atoms with E-state index in [1.807, 2.05) is 19.9 Å². The minimum atomic E-state index is -0.547. The number of fused-ring (bicyclic) bond motifs is 3. The molecule has 0 bridgehead atoms. The second kappa shape index (κ2) is 7.61. The van der Waals surface area contributed by atoms with Crippen LogP contribution in [0, 0.1) is 12.7 Å². The summed E-state index contributed by atoms with van der Waals surface area (Å²) >= 11 is 0. The Kier molecular flexibility index (Phi) is 5.08. The molecule has 3 aromatic rings. The van der Waals surface area contributed by atoms with Gasteiger partial charge in [0, 0.05) is 29.1 Å². The highest BCUT2D eigenvalue weighted by atomic mass is 19.1. The van der Waals surface area contributed by atoms with E-state index in [0.717, 1.165) is 10.9 Å². The highest BCUT2D eigenvalue weighted by Gasteiger charge is 2.37. The first-order chi connectivity index (χ1) is 14.7. The number of aryl methyl sites for hydroxylation is 1. The number of esters is 1. The highest BCUT2D eigenvalue weighted by molar-refractivity contribution is 6.18. The highest BCUT2D eigenvalue weighted by Crippen LogP contribution is 2.40. The molecule has 1 aromatic carbocycles.